The third-order valence-electron chi connectivity index (χ3n) is 5.37. The van der Waals surface area contributed by atoms with E-state index < -0.39 is 0 Å². The standard InChI is InChI=1S/C22H26N4OS2/c1-16-24-25-22(26(16)18-11-6-3-7-12-18)29-15-20(27)23-21(19-13-8-14-28-19)17-9-4-2-5-10-17/h2,4-5,8-10,13-14,18,21H,3,6-7,11-12,15H2,1H3,(H,23,27)/t21-/m0/s1. The first kappa shape index (κ1) is 20.2. The molecule has 152 valence electrons. The lowest BCUT2D eigenvalue weighted by atomic mass is 9.95. The van der Waals surface area contributed by atoms with E-state index in [2.05, 4.69) is 38.3 Å². The SMILES string of the molecule is Cc1nnc(SCC(=O)N[C@@H](c2ccccc2)c2cccs2)n1C1CCCCC1. The summed E-state index contributed by atoms with van der Waals surface area (Å²) >= 11 is 3.14. The zero-order valence-electron chi connectivity index (χ0n) is 16.6. The molecule has 29 heavy (non-hydrogen) atoms. The Morgan fingerprint density at radius 2 is 1.97 bits per heavy atom. The van der Waals surface area contributed by atoms with E-state index in [-0.39, 0.29) is 11.9 Å². The molecule has 0 bridgehead atoms. The number of amides is 1. The number of aromatic nitrogens is 3. The Morgan fingerprint density at radius 3 is 2.69 bits per heavy atom. The van der Waals surface area contributed by atoms with Crippen LogP contribution in [0.5, 0.6) is 0 Å². The van der Waals surface area contributed by atoms with Crippen LogP contribution >= 0.6 is 23.1 Å². The molecule has 1 aliphatic carbocycles. The summed E-state index contributed by atoms with van der Waals surface area (Å²) in [6.07, 6.45) is 6.17. The molecule has 1 N–H and O–H groups in total. The fraction of sp³-hybridized carbons (Fsp3) is 0.409. The minimum atomic E-state index is -0.123. The minimum absolute atomic E-state index is 0.00750. The summed E-state index contributed by atoms with van der Waals surface area (Å²) < 4.78 is 2.24. The molecular formula is C22H26N4OS2. The number of thioether (sulfide) groups is 1. The Labute approximate surface area is 179 Å². The van der Waals surface area contributed by atoms with Crippen molar-refractivity contribution < 1.29 is 4.79 Å². The number of rotatable bonds is 7. The third-order valence-corrected chi connectivity index (χ3v) is 7.25. The van der Waals surface area contributed by atoms with Gasteiger partial charge in [-0.15, -0.1) is 21.5 Å². The largest absolute Gasteiger partial charge is 0.344 e. The zero-order valence-corrected chi connectivity index (χ0v) is 18.2. The van der Waals surface area contributed by atoms with E-state index >= 15 is 0 Å². The fourth-order valence-electron chi connectivity index (χ4n) is 3.96. The Hall–Kier alpha value is -2.12. The van der Waals surface area contributed by atoms with E-state index in [0.717, 1.165) is 21.4 Å². The number of benzene rings is 1. The minimum Gasteiger partial charge on any atom is -0.344 e. The van der Waals surface area contributed by atoms with E-state index in [9.17, 15) is 4.79 Å². The fourth-order valence-corrected chi connectivity index (χ4v) is 5.63. The summed E-state index contributed by atoms with van der Waals surface area (Å²) in [5, 5.41) is 14.7. The van der Waals surface area contributed by atoms with Crippen LogP contribution in [0.4, 0.5) is 0 Å². The monoisotopic (exact) mass is 426 g/mol. The number of thiophene rings is 1. The highest BCUT2D eigenvalue weighted by Gasteiger charge is 2.23. The molecule has 5 nitrogen and oxygen atoms in total. The molecule has 3 aromatic rings. The lowest BCUT2D eigenvalue weighted by Crippen LogP contribution is -2.30. The van der Waals surface area contributed by atoms with Crippen LogP contribution in [0.3, 0.4) is 0 Å². The van der Waals surface area contributed by atoms with E-state index in [1.54, 1.807) is 11.3 Å². The van der Waals surface area contributed by atoms with Crippen LogP contribution in [0.2, 0.25) is 0 Å². The number of carbonyl (C=O) groups is 1. The zero-order chi connectivity index (χ0) is 20.1. The lowest BCUT2D eigenvalue weighted by molar-refractivity contribution is -0.119. The second kappa shape index (κ2) is 9.59. The number of hydrogen-bond donors (Lipinski definition) is 1. The van der Waals surface area contributed by atoms with Gasteiger partial charge in [-0.2, -0.15) is 0 Å². The normalized spacial score (nSPS) is 15.9. The van der Waals surface area contributed by atoms with Gasteiger partial charge in [0.25, 0.3) is 0 Å². The first-order valence-corrected chi connectivity index (χ1v) is 12.0. The van der Waals surface area contributed by atoms with Crippen LogP contribution in [0, 0.1) is 6.92 Å². The molecule has 0 radical (unpaired) electrons. The molecule has 1 aromatic carbocycles. The molecule has 2 aromatic heterocycles. The van der Waals surface area contributed by atoms with Crippen molar-refractivity contribution in [3.05, 3.63) is 64.1 Å². The molecule has 0 aliphatic heterocycles. The van der Waals surface area contributed by atoms with Gasteiger partial charge in [0.1, 0.15) is 5.82 Å². The number of carbonyl (C=O) groups excluding carboxylic acids is 1. The molecule has 7 heteroatoms. The van der Waals surface area contributed by atoms with E-state index in [1.165, 1.54) is 43.9 Å². The highest BCUT2D eigenvalue weighted by atomic mass is 32.2. The highest BCUT2D eigenvalue weighted by Crippen LogP contribution is 2.32. The van der Waals surface area contributed by atoms with Crippen LogP contribution < -0.4 is 5.32 Å². The van der Waals surface area contributed by atoms with Crippen molar-refractivity contribution in [2.75, 3.05) is 5.75 Å². The average Bonchev–Trinajstić information content (AvgIpc) is 3.42. The quantitative estimate of drug-likeness (QED) is 0.531. The van der Waals surface area contributed by atoms with Crippen molar-refractivity contribution in [1.29, 1.82) is 0 Å². The summed E-state index contributed by atoms with van der Waals surface area (Å²) in [7, 11) is 0. The van der Waals surface area contributed by atoms with Gasteiger partial charge >= 0.3 is 0 Å². The molecule has 1 fully saturated rings. The van der Waals surface area contributed by atoms with Crippen LogP contribution in [-0.2, 0) is 4.79 Å². The first-order chi connectivity index (χ1) is 14.2. The summed E-state index contributed by atoms with van der Waals surface area (Å²) in [5.41, 5.74) is 1.09. The van der Waals surface area contributed by atoms with Crippen molar-refractivity contribution in [2.45, 2.75) is 56.3 Å². The summed E-state index contributed by atoms with van der Waals surface area (Å²) in [5.74, 6) is 1.29. The number of nitrogens with zero attached hydrogens (tertiary/aromatic N) is 3. The summed E-state index contributed by atoms with van der Waals surface area (Å²) in [6, 6.07) is 14.5. The van der Waals surface area contributed by atoms with Crippen molar-refractivity contribution >= 4 is 29.0 Å². The molecule has 0 spiro atoms. The summed E-state index contributed by atoms with van der Waals surface area (Å²) in [6.45, 7) is 2.01. The van der Waals surface area contributed by atoms with Crippen LogP contribution in [0.15, 0.2) is 53.0 Å². The molecule has 1 amide bonds. The first-order valence-electron chi connectivity index (χ1n) is 10.1. The molecule has 1 saturated carbocycles. The van der Waals surface area contributed by atoms with Crippen LogP contribution in [0.1, 0.15) is 60.5 Å². The second-order valence-corrected chi connectivity index (χ2v) is 9.33. The number of nitrogens with one attached hydrogen (secondary N) is 1. The molecule has 0 saturated heterocycles. The Bertz CT molecular complexity index is 918. The van der Waals surface area contributed by atoms with E-state index in [4.69, 9.17) is 0 Å². The predicted octanol–water partition coefficient (Wildman–Crippen LogP) is 5.15. The van der Waals surface area contributed by atoms with E-state index in [0.29, 0.717) is 11.8 Å². The van der Waals surface area contributed by atoms with Gasteiger partial charge in [-0.1, -0.05) is 67.4 Å². The maximum absolute atomic E-state index is 12.8. The van der Waals surface area contributed by atoms with Crippen molar-refractivity contribution in [3.63, 3.8) is 0 Å². The average molecular weight is 427 g/mol. The van der Waals surface area contributed by atoms with Gasteiger partial charge in [0.2, 0.25) is 5.91 Å². The maximum Gasteiger partial charge on any atom is 0.231 e. The Morgan fingerprint density at radius 1 is 1.17 bits per heavy atom. The Balaban J connectivity index is 1.43. The molecule has 4 rings (SSSR count). The molecule has 1 aliphatic rings. The van der Waals surface area contributed by atoms with Crippen LogP contribution in [-0.4, -0.2) is 26.4 Å². The number of hydrogen-bond acceptors (Lipinski definition) is 5. The van der Waals surface area contributed by atoms with Crippen molar-refractivity contribution in [2.24, 2.45) is 0 Å². The van der Waals surface area contributed by atoms with Gasteiger partial charge in [-0.3, -0.25) is 4.79 Å². The Kier molecular flexibility index (Phi) is 6.67. The van der Waals surface area contributed by atoms with Gasteiger partial charge in [0.15, 0.2) is 5.16 Å². The molecular weight excluding hydrogens is 400 g/mol. The molecule has 2 heterocycles. The molecule has 1 atom stereocenters. The lowest BCUT2D eigenvalue weighted by Gasteiger charge is -2.25. The maximum atomic E-state index is 12.8. The van der Waals surface area contributed by atoms with E-state index in [1.807, 2.05) is 36.6 Å². The number of aryl methyl sites for hydroxylation is 1. The highest BCUT2D eigenvalue weighted by molar-refractivity contribution is 7.99. The van der Waals surface area contributed by atoms with Gasteiger partial charge in [0.05, 0.1) is 11.8 Å². The van der Waals surface area contributed by atoms with Gasteiger partial charge < -0.3 is 9.88 Å². The second-order valence-electron chi connectivity index (χ2n) is 7.41. The topological polar surface area (TPSA) is 59.8 Å². The predicted molar refractivity (Wildman–Crippen MR) is 118 cm³/mol. The van der Waals surface area contributed by atoms with Crippen molar-refractivity contribution in [3.8, 4) is 0 Å². The smallest absolute Gasteiger partial charge is 0.231 e. The van der Waals surface area contributed by atoms with Gasteiger partial charge in [-0.05, 0) is 36.8 Å². The third kappa shape index (κ3) is 4.90. The molecule has 0 unspecified atom stereocenters. The van der Waals surface area contributed by atoms with Gasteiger partial charge in [0, 0.05) is 10.9 Å². The van der Waals surface area contributed by atoms with Crippen LogP contribution in [0.25, 0.3) is 0 Å². The van der Waals surface area contributed by atoms with Crippen molar-refractivity contribution in [1.82, 2.24) is 20.1 Å². The van der Waals surface area contributed by atoms with Gasteiger partial charge in [-0.25, -0.2) is 0 Å². The summed E-state index contributed by atoms with van der Waals surface area (Å²) in [4.78, 5) is 13.9.